The van der Waals surface area contributed by atoms with Crippen molar-refractivity contribution in [2.75, 3.05) is 26.4 Å². The number of fused-ring (bicyclic) bond motifs is 1. The summed E-state index contributed by atoms with van der Waals surface area (Å²) in [4.78, 5) is 4.81. The first kappa shape index (κ1) is 21.7. The van der Waals surface area contributed by atoms with Gasteiger partial charge in [0.2, 0.25) is 0 Å². The molecule has 0 radical (unpaired) electrons. The first-order valence-electron chi connectivity index (χ1n) is 11.4. The summed E-state index contributed by atoms with van der Waals surface area (Å²) in [6, 6.07) is 17.0. The largest absolute Gasteiger partial charge is 0.493 e. The van der Waals surface area contributed by atoms with Crippen molar-refractivity contribution in [2.24, 2.45) is 4.99 Å². The fraction of sp³-hybridized carbons (Fsp3) is 0.480. The topological polar surface area (TPSA) is 64.1 Å². The molecule has 1 saturated heterocycles. The van der Waals surface area contributed by atoms with Gasteiger partial charge in [0.05, 0.1) is 31.9 Å². The van der Waals surface area contributed by atoms with Gasteiger partial charge >= 0.3 is 0 Å². The molecular weight excluding hydrogens is 390 g/mol. The molecular formula is C25H33N3O3. The van der Waals surface area contributed by atoms with Crippen LogP contribution in [-0.2, 0) is 22.6 Å². The highest BCUT2D eigenvalue weighted by Crippen LogP contribution is 2.31. The number of guanidine groups is 1. The molecule has 2 heterocycles. The van der Waals surface area contributed by atoms with Gasteiger partial charge in [0.25, 0.3) is 0 Å². The third kappa shape index (κ3) is 6.21. The highest BCUT2D eigenvalue weighted by Gasteiger charge is 2.21. The van der Waals surface area contributed by atoms with Crippen LogP contribution in [0, 0.1) is 0 Å². The molecule has 0 aliphatic carbocycles. The molecule has 0 saturated carbocycles. The van der Waals surface area contributed by atoms with E-state index in [9.17, 15) is 0 Å². The first-order chi connectivity index (χ1) is 15.3. The van der Waals surface area contributed by atoms with Gasteiger partial charge in [0, 0.05) is 31.7 Å². The van der Waals surface area contributed by atoms with Gasteiger partial charge in [-0.2, -0.15) is 0 Å². The van der Waals surface area contributed by atoms with Crippen LogP contribution in [0.2, 0.25) is 0 Å². The molecule has 1 unspecified atom stereocenters. The standard InChI is InChI=1S/C25H33N3O3/c1-2-26-25(28-23-13-16-30-24-6-4-3-5-22(23)24)27-17-19-7-9-20(10-8-19)18-31-21-11-14-29-15-12-21/h3-10,21,23H,2,11-18H2,1H3,(H2,26,27,28). The van der Waals surface area contributed by atoms with Crippen LogP contribution in [0.5, 0.6) is 5.75 Å². The van der Waals surface area contributed by atoms with Crippen molar-refractivity contribution in [1.82, 2.24) is 10.6 Å². The molecule has 0 amide bonds. The van der Waals surface area contributed by atoms with Crippen LogP contribution >= 0.6 is 0 Å². The smallest absolute Gasteiger partial charge is 0.192 e. The van der Waals surface area contributed by atoms with Gasteiger partial charge in [-0.25, -0.2) is 4.99 Å². The van der Waals surface area contributed by atoms with E-state index in [1.165, 1.54) is 16.7 Å². The molecule has 0 bridgehead atoms. The molecule has 31 heavy (non-hydrogen) atoms. The van der Waals surface area contributed by atoms with E-state index < -0.39 is 0 Å². The van der Waals surface area contributed by atoms with Gasteiger partial charge in [-0.05, 0) is 37.0 Å². The second-order valence-electron chi connectivity index (χ2n) is 8.01. The van der Waals surface area contributed by atoms with Crippen LogP contribution in [0.25, 0.3) is 0 Å². The summed E-state index contributed by atoms with van der Waals surface area (Å²) in [5.41, 5.74) is 3.57. The Labute approximate surface area is 185 Å². The number of rotatable bonds is 7. The van der Waals surface area contributed by atoms with Gasteiger partial charge in [-0.15, -0.1) is 0 Å². The Morgan fingerprint density at radius 2 is 1.77 bits per heavy atom. The Hall–Kier alpha value is -2.57. The third-order valence-corrected chi connectivity index (χ3v) is 5.71. The number of aliphatic imine (C=N–C) groups is 1. The summed E-state index contributed by atoms with van der Waals surface area (Å²) in [5.74, 6) is 1.79. The molecule has 2 aliphatic rings. The zero-order chi connectivity index (χ0) is 21.3. The molecule has 1 atom stereocenters. The number of hydrogen-bond acceptors (Lipinski definition) is 4. The van der Waals surface area contributed by atoms with Crippen LogP contribution in [0.3, 0.4) is 0 Å². The van der Waals surface area contributed by atoms with E-state index in [0.717, 1.165) is 50.7 Å². The molecule has 2 N–H and O–H groups in total. The molecule has 4 rings (SSSR count). The van der Waals surface area contributed by atoms with Crippen LogP contribution in [-0.4, -0.2) is 38.4 Å². The van der Waals surface area contributed by atoms with Crippen molar-refractivity contribution >= 4 is 5.96 Å². The maximum absolute atomic E-state index is 6.01. The minimum absolute atomic E-state index is 0.201. The third-order valence-electron chi connectivity index (χ3n) is 5.71. The summed E-state index contributed by atoms with van der Waals surface area (Å²) in [5, 5.41) is 6.95. The van der Waals surface area contributed by atoms with E-state index in [4.69, 9.17) is 19.2 Å². The Morgan fingerprint density at radius 1 is 1.00 bits per heavy atom. The van der Waals surface area contributed by atoms with E-state index in [1.54, 1.807) is 0 Å². The summed E-state index contributed by atoms with van der Waals surface area (Å²) in [7, 11) is 0. The maximum Gasteiger partial charge on any atom is 0.192 e. The predicted octanol–water partition coefficient (Wildman–Crippen LogP) is 3.96. The summed E-state index contributed by atoms with van der Waals surface area (Å²) >= 11 is 0. The number of nitrogens with zero attached hydrogens (tertiary/aromatic N) is 1. The highest BCUT2D eigenvalue weighted by molar-refractivity contribution is 5.80. The molecule has 166 valence electrons. The lowest BCUT2D eigenvalue weighted by atomic mass is 10.0. The molecule has 0 spiro atoms. The van der Waals surface area contributed by atoms with E-state index in [-0.39, 0.29) is 6.04 Å². The van der Waals surface area contributed by atoms with Crippen LogP contribution < -0.4 is 15.4 Å². The minimum Gasteiger partial charge on any atom is -0.493 e. The van der Waals surface area contributed by atoms with Crippen LogP contribution in [0.4, 0.5) is 0 Å². The average Bonchev–Trinajstić information content (AvgIpc) is 2.83. The SMILES string of the molecule is CCNC(=NCc1ccc(COC2CCOCC2)cc1)NC1CCOc2ccccc21. The number of nitrogens with one attached hydrogen (secondary N) is 2. The Morgan fingerprint density at radius 3 is 2.58 bits per heavy atom. The molecule has 2 aliphatic heterocycles. The van der Waals surface area contributed by atoms with Gasteiger partial charge in [0.15, 0.2) is 5.96 Å². The van der Waals surface area contributed by atoms with Gasteiger partial charge in [-0.1, -0.05) is 42.5 Å². The summed E-state index contributed by atoms with van der Waals surface area (Å²) in [6.07, 6.45) is 3.22. The fourth-order valence-electron chi connectivity index (χ4n) is 3.95. The van der Waals surface area contributed by atoms with E-state index >= 15 is 0 Å². The Balaban J connectivity index is 1.33. The van der Waals surface area contributed by atoms with Crippen molar-refractivity contribution in [3.8, 4) is 5.75 Å². The molecule has 6 heteroatoms. The van der Waals surface area contributed by atoms with Crippen LogP contribution in [0.15, 0.2) is 53.5 Å². The lowest BCUT2D eigenvalue weighted by Gasteiger charge is -2.28. The van der Waals surface area contributed by atoms with Crippen molar-refractivity contribution in [1.29, 1.82) is 0 Å². The van der Waals surface area contributed by atoms with Gasteiger partial charge < -0.3 is 24.8 Å². The number of ether oxygens (including phenoxy) is 3. The quantitative estimate of drug-likeness (QED) is 0.521. The zero-order valence-corrected chi connectivity index (χ0v) is 18.3. The van der Waals surface area contributed by atoms with E-state index in [1.807, 2.05) is 12.1 Å². The molecule has 0 aromatic heterocycles. The summed E-state index contributed by atoms with van der Waals surface area (Å²) < 4.78 is 17.2. The normalized spacial score (nSPS) is 19.4. The first-order valence-corrected chi connectivity index (χ1v) is 11.4. The molecule has 2 aromatic rings. The fourth-order valence-corrected chi connectivity index (χ4v) is 3.95. The van der Waals surface area contributed by atoms with Crippen molar-refractivity contribution in [3.05, 3.63) is 65.2 Å². The van der Waals surface area contributed by atoms with E-state index in [0.29, 0.717) is 25.9 Å². The van der Waals surface area contributed by atoms with Gasteiger partial charge in [0.1, 0.15) is 5.75 Å². The monoisotopic (exact) mass is 423 g/mol. The number of benzene rings is 2. The van der Waals surface area contributed by atoms with Crippen molar-refractivity contribution in [3.63, 3.8) is 0 Å². The predicted molar refractivity (Wildman–Crippen MR) is 122 cm³/mol. The second-order valence-corrected chi connectivity index (χ2v) is 8.01. The Kier molecular flexibility index (Phi) is 7.80. The maximum atomic E-state index is 6.01. The molecule has 2 aromatic carbocycles. The van der Waals surface area contributed by atoms with Gasteiger partial charge in [-0.3, -0.25) is 0 Å². The second kappa shape index (κ2) is 11.2. The Bertz CT molecular complexity index is 847. The lowest BCUT2D eigenvalue weighted by Crippen LogP contribution is -2.41. The average molecular weight is 424 g/mol. The number of para-hydroxylation sites is 1. The minimum atomic E-state index is 0.201. The highest BCUT2D eigenvalue weighted by atomic mass is 16.5. The lowest BCUT2D eigenvalue weighted by molar-refractivity contribution is -0.0390. The number of hydrogen-bond donors (Lipinski definition) is 2. The van der Waals surface area contributed by atoms with Crippen molar-refractivity contribution < 1.29 is 14.2 Å². The molecule has 1 fully saturated rings. The summed E-state index contributed by atoms with van der Waals surface area (Å²) in [6.45, 7) is 6.52. The van der Waals surface area contributed by atoms with Crippen LogP contribution in [0.1, 0.15) is 48.9 Å². The van der Waals surface area contributed by atoms with E-state index in [2.05, 4.69) is 54.0 Å². The zero-order valence-electron chi connectivity index (χ0n) is 18.3. The van der Waals surface area contributed by atoms with Crippen molar-refractivity contribution in [2.45, 2.75) is 51.5 Å². The molecule has 6 nitrogen and oxygen atoms in total.